The van der Waals surface area contributed by atoms with Crippen molar-refractivity contribution in [3.8, 4) is 0 Å². The van der Waals surface area contributed by atoms with Crippen molar-refractivity contribution >= 4 is 11.7 Å². The summed E-state index contributed by atoms with van der Waals surface area (Å²) < 4.78 is 1.87. The number of hydrogen-bond acceptors (Lipinski definition) is 5. The fourth-order valence-corrected chi connectivity index (χ4v) is 2.94. The van der Waals surface area contributed by atoms with Crippen LogP contribution in [0.1, 0.15) is 25.0 Å². The van der Waals surface area contributed by atoms with E-state index in [0.717, 1.165) is 57.1 Å². The standard InChI is InChI=1S/C17H24N6O/c1-15-6-7-16(20-19-15)21-9-4-10-22(14-13-21)17(24)5-2-11-23-12-3-8-18-23/h3,6-8,12H,2,4-5,9-11,13-14H2,1H3. The molecule has 0 spiro atoms. The number of hydrogen-bond donors (Lipinski definition) is 0. The van der Waals surface area contributed by atoms with Crippen molar-refractivity contribution < 1.29 is 4.79 Å². The highest BCUT2D eigenvalue weighted by Gasteiger charge is 2.19. The maximum absolute atomic E-state index is 12.4. The van der Waals surface area contributed by atoms with Crippen LogP contribution in [-0.2, 0) is 11.3 Å². The summed E-state index contributed by atoms with van der Waals surface area (Å²) >= 11 is 0. The molecule has 0 aliphatic carbocycles. The summed E-state index contributed by atoms with van der Waals surface area (Å²) in [5, 5.41) is 12.5. The Kier molecular flexibility index (Phi) is 5.40. The highest BCUT2D eigenvalue weighted by Crippen LogP contribution is 2.14. The highest BCUT2D eigenvalue weighted by molar-refractivity contribution is 5.76. The van der Waals surface area contributed by atoms with E-state index in [1.807, 2.05) is 40.9 Å². The van der Waals surface area contributed by atoms with Gasteiger partial charge in [-0.3, -0.25) is 9.48 Å². The Morgan fingerprint density at radius 2 is 2.08 bits per heavy atom. The van der Waals surface area contributed by atoms with Crippen LogP contribution < -0.4 is 4.90 Å². The summed E-state index contributed by atoms with van der Waals surface area (Å²) in [6.45, 7) is 6.00. The van der Waals surface area contributed by atoms with Crippen molar-refractivity contribution in [1.82, 2.24) is 24.9 Å². The van der Waals surface area contributed by atoms with Gasteiger partial charge in [-0.15, -0.1) is 5.10 Å². The van der Waals surface area contributed by atoms with E-state index in [9.17, 15) is 4.79 Å². The molecule has 1 aliphatic heterocycles. The Hall–Kier alpha value is -2.44. The Morgan fingerprint density at radius 1 is 1.17 bits per heavy atom. The molecule has 24 heavy (non-hydrogen) atoms. The van der Waals surface area contributed by atoms with E-state index in [0.29, 0.717) is 6.42 Å². The van der Waals surface area contributed by atoms with Gasteiger partial charge in [0.15, 0.2) is 5.82 Å². The van der Waals surface area contributed by atoms with E-state index in [1.54, 1.807) is 6.20 Å². The largest absolute Gasteiger partial charge is 0.353 e. The summed E-state index contributed by atoms with van der Waals surface area (Å²) in [6, 6.07) is 5.88. The molecule has 0 N–H and O–H groups in total. The van der Waals surface area contributed by atoms with Crippen LogP contribution in [0.2, 0.25) is 0 Å². The Balaban J connectivity index is 1.47. The molecule has 0 saturated carbocycles. The van der Waals surface area contributed by atoms with Crippen molar-refractivity contribution in [2.24, 2.45) is 0 Å². The summed E-state index contributed by atoms with van der Waals surface area (Å²) in [7, 11) is 0. The first kappa shape index (κ1) is 16.4. The lowest BCUT2D eigenvalue weighted by molar-refractivity contribution is -0.131. The molecule has 2 aromatic heterocycles. The fraction of sp³-hybridized carbons (Fsp3) is 0.529. The molecule has 0 unspecified atom stereocenters. The van der Waals surface area contributed by atoms with Crippen LogP contribution in [0.3, 0.4) is 0 Å². The number of nitrogens with zero attached hydrogens (tertiary/aromatic N) is 6. The van der Waals surface area contributed by atoms with Gasteiger partial charge in [-0.1, -0.05) is 0 Å². The first-order chi connectivity index (χ1) is 11.7. The zero-order valence-electron chi connectivity index (χ0n) is 14.1. The molecular weight excluding hydrogens is 304 g/mol. The van der Waals surface area contributed by atoms with Gasteiger partial charge in [-0.05, 0) is 38.0 Å². The number of rotatable bonds is 5. The first-order valence-corrected chi connectivity index (χ1v) is 8.53. The normalized spacial score (nSPS) is 15.4. The van der Waals surface area contributed by atoms with E-state index < -0.39 is 0 Å². The molecule has 1 amide bonds. The zero-order chi connectivity index (χ0) is 16.8. The predicted molar refractivity (Wildman–Crippen MR) is 91.6 cm³/mol. The van der Waals surface area contributed by atoms with Crippen molar-refractivity contribution in [2.75, 3.05) is 31.1 Å². The van der Waals surface area contributed by atoms with Crippen LogP contribution >= 0.6 is 0 Å². The summed E-state index contributed by atoms with van der Waals surface area (Å²) in [5.41, 5.74) is 0.919. The molecule has 1 saturated heterocycles. The lowest BCUT2D eigenvalue weighted by Gasteiger charge is -2.22. The third-order valence-electron chi connectivity index (χ3n) is 4.29. The third kappa shape index (κ3) is 4.31. The topological polar surface area (TPSA) is 67.2 Å². The molecule has 3 rings (SSSR count). The van der Waals surface area contributed by atoms with Gasteiger partial charge in [0.2, 0.25) is 5.91 Å². The van der Waals surface area contributed by atoms with Gasteiger partial charge in [-0.25, -0.2) is 0 Å². The number of amides is 1. The van der Waals surface area contributed by atoms with Crippen LogP contribution in [0.15, 0.2) is 30.6 Å². The number of carbonyl (C=O) groups is 1. The van der Waals surface area contributed by atoms with E-state index in [4.69, 9.17) is 0 Å². The van der Waals surface area contributed by atoms with Crippen LogP contribution in [-0.4, -0.2) is 57.0 Å². The van der Waals surface area contributed by atoms with E-state index >= 15 is 0 Å². The average molecular weight is 328 g/mol. The van der Waals surface area contributed by atoms with Crippen molar-refractivity contribution in [1.29, 1.82) is 0 Å². The molecule has 1 fully saturated rings. The van der Waals surface area contributed by atoms with E-state index in [1.165, 1.54) is 0 Å². The van der Waals surface area contributed by atoms with Gasteiger partial charge >= 0.3 is 0 Å². The van der Waals surface area contributed by atoms with E-state index in [2.05, 4.69) is 20.2 Å². The minimum atomic E-state index is 0.235. The first-order valence-electron chi connectivity index (χ1n) is 8.53. The predicted octanol–water partition coefficient (Wildman–Crippen LogP) is 1.50. The molecule has 1 aliphatic rings. The minimum Gasteiger partial charge on any atom is -0.353 e. The second-order valence-corrected chi connectivity index (χ2v) is 6.13. The Labute approximate surface area is 142 Å². The minimum absolute atomic E-state index is 0.235. The van der Waals surface area contributed by atoms with Gasteiger partial charge in [-0.2, -0.15) is 10.2 Å². The molecule has 3 heterocycles. The van der Waals surface area contributed by atoms with Gasteiger partial charge in [0, 0.05) is 51.5 Å². The second kappa shape index (κ2) is 7.90. The Morgan fingerprint density at radius 3 is 2.83 bits per heavy atom. The molecule has 7 nitrogen and oxygen atoms in total. The van der Waals surface area contributed by atoms with Crippen LogP contribution in [0, 0.1) is 6.92 Å². The third-order valence-corrected chi connectivity index (χ3v) is 4.29. The van der Waals surface area contributed by atoms with Crippen LogP contribution in [0.25, 0.3) is 0 Å². The van der Waals surface area contributed by atoms with Gasteiger partial charge in [0.1, 0.15) is 0 Å². The smallest absolute Gasteiger partial charge is 0.222 e. The van der Waals surface area contributed by atoms with Crippen molar-refractivity contribution in [2.45, 2.75) is 32.7 Å². The molecule has 7 heteroatoms. The van der Waals surface area contributed by atoms with E-state index in [-0.39, 0.29) is 5.91 Å². The highest BCUT2D eigenvalue weighted by atomic mass is 16.2. The van der Waals surface area contributed by atoms with Crippen LogP contribution in [0.4, 0.5) is 5.82 Å². The summed E-state index contributed by atoms with van der Waals surface area (Å²) in [5.74, 6) is 1.13. The number of aryl methyl sites for hydroxylation is 2. The maximum atomic E-state index is 12.4. The molecule has 0 bridgehead atoms. The fourth-order valence-electron chi connectivity index (χ4n) is 2.94. The van der Waals surface area contributed by atoms with Crippen LogP contribution in [0.5, 0.6) is 0 Å². The molecular formula is C17H24N6O. The van der Waals surface area contributed by atoms with Gasteiger partial charge in [0.05, 0.1) is 5.69 Å². The Bertz CT molecular complexity index is 640. The van der Waals surface area contributed by atoms with Gasteiger partial charge in [0.25, 0.3) is 0 Å². The number of aromatic nitrogens is 4. The number of carbonyl (C=O) groups excluding carboxylic acids is 1. The zero-order valence-corrected chi connectivity index (χ0v) is 14.1. The number of anilines is 1. The quantitative estimate of drug-likeness (QED) is 0.832. The lowest BCUT2D eigenvalue weighted by Crippen LogP contribution is -2.35. The average Bonchev–Trinajstić information content (AvgIpc) is 2.98. The van der Waals surface area contributed by atoms with Crippen molar-refractivity contribution in [3.63, 3.8) is 0 Å². The molecule has 128 valence electrons. The summed E-state index contributed by atoms with van der Waals surface area (Å²) in [4.78, 5) is 16.6. The SMILES string of the molecule is Cc1ccc(N2CCCN(C(=O)CCCn3cccn3)CC2)nn1. The maximum Gasteiger partial charge on any atom is 0.222 e. The second-order valence-electron chi connectivity index (χ2n) is 6.13. The molecule has 0 atom stereocenters. The van der Waals surface area contributed by atoms with Crippen molar-refractivity contribution in [3.05, 3.63) is 36.3 Å². The molecule has 0 radical (unpaired) electrons. The lowest BCUT2D eigenvalue weighted by atomic mass is 10.2. The summed E-state index contributed by atoms with van der Waals surface area (Å²) in [6.07, 6.45) is 6.05. The van der Waals surface area contributed by atoms with Gasteiger partial charge < -0.3 is 9.80 Å². The monoisotopic (exact) mass is 328 g/mol. The molecule has 2 aromatic rings. The molecule has 0 aromatic carbocycles.